The SMILES string of the molecule is CC(CC1OCCc2ccccc21)NC[C@H](O)c1ccccc1. The molecule has 0 bridgehead atoms. The Morgan fingerprint density at radius 3 is 2.70 bits per heavy atom. The summed E-state index contributed by atoms with van der Waals surface area (Å²) >= 11 is 0. The van der Waals surface area contributed by atoms with Crippen LogP contribution in [0.1, 0.15) is 42.2 Å². The molecular formula is C20H25NO2. The van der Waals surface area contributed by atoms with Gasteiger partial charge in [-0.25, -0.2) is 0 Å². The van der Waals surface area contributed by atoms with Crippen LogP contribution in [0, 0.1) is 0 Å². The predicted molar refractivity (Wildman–Crippen MR) is 92.3 cm³/mol. The molecule has 1 heterocycles. The maximum atomic E-state index is 10.2. The number of ether oxygens (including phenoxy) is 1. The third-order valence-electron chi connectivity index (χ3n) is 4.50. The van der Waals surface area contributed by atoms with Crippen LogP contribution in [0.2, 0.25) is 0 Å². The van der Waals surface area contributed by atoms with Crippen LogP contribution in [-0.4, -0.2) is 24.3 Å². The van der Waals surface area contributed by atoms with Crippen LogP contribution in [0.15, 0.2) is 54.6 Å². The lowest BCUT2D eigenvalue weighted by Gasteiger charge is -2.29. The van der Waals surface area contributed by atoms with Crippen molar-refractivity contribution < 1.29 is 9.84 Å². The van der Waals surface area contributed by atoms with E-state index >= 15 is 0 Å². The van der Waals surface area contributed by atoms with Gasteiger partial charge in [0, 0.05) is 12.6 Å². The minimum Gasteiger partial charge on any atom is -0.387 e. The van der Waals surface area contributed by atoms with Gasteiger partial charge in [-0.1, -0.05) is 54.6 Å². The molecule has 0 saturated heterocycles. The Kier molecular flexibility index (Phi) is 5.44. The van der Waals surface area contributed by atoms with Crippen LogP contribution >= 0.6 is 0 Å². The Balaban J connectivity index is 1.53. The summed E-state index contributed by atoms with van der Waals surface area (Å²) in [6, 6.07) is 18.6. The van der Waals surface area contributed by atoms with Crippen molar-refractivity contribution >= 4 is 0 Å². The molecule has 23 heavy (non-hydrogen) atoms. The lowest BCUT2D eigenvalue weighted by atomic mass is 9.94. The summed E-state index contributed by atoms with van der Waals surface area (Å²) < 4.78 is 5.96. The second kappa shape index (κ2) is 7.73. The number of nitrogens with one attached hydrogen (secondary N) is 1. The van der Waals surface area contributed by atoms with Gasteiger partial charge >= 0.3 is 0 Å². The second-order valence-electron chi connectivity index (χ2n) is 6.28. The Bertz CT molecular complexity index is 614. The molecule has 2 aromatic carbocycles. The van der Waals surface area contributed by atoms with Crippen LogP contribution in [0.25, 0.3) is 0 Å². The van der Waals surface area contributed by atoms with Crippen molar-refractivity contribution in [2.75, 3.05) is 13.2 Å². The summed E-state index contributed by atoms with van der Waals surface area (Å²) in [5.74, 6) is 0. The highest BCUT2D eigenvalue weighted by molar-refractivity contribution is 5.31. The van der Waals surface area contributed by atoms with Gasteiger partial charge in [0.1, 0.15) is 0 Å². The largest absolute Gasteiger partial charge is 0.387 e. The summed E-state index contributed by atoms with van der Waals surface area (Å²) in [6.07, 6.45) is 1.59. The van der Waals surface area contributed by atoms with E-state index in [0.717, 1.165) is 25.0 Å². The van der Waals surface area contributed by atoms with Gasteiger partial charge in [-0.05, 0) is 36.5 Å². The zero-order valence-corrected chi connectivity index (χ0v) is 13.6. The van der Waals surface area contributed by atoms with E-state index in [9.17, 15) is 5.11 Å². The first-order chi connectivity index (χ1) is 11.2. The second-order valence-corrected chi connectivity index (χ2v) is 6.28. The first-order valence-electron chi connectivity index (χ1n) is 8.40. The fraction of sp³-hybridized carbons (Fsp3) is 0.400. The monoisotopic (exact) mass is 311 g/mol. The molecule has 0 spiro atoms. The molecule has 3 heteroatoms. The quantitative estimate of drug-likeness (QED) is 0.859. The lowest BCUT2D eigenvalue weighted by Crippen LogP contribution is -2.33. The van der Waals surface area contributed by atoms with Gasteiger partial charge in [0.15, 0.2) is 0 Å². The molecule has 2 aromatic rings. The number of aliphatic hydroxyl groups is 1. The van der Waals surface area contributed by atoms with Crippen LogP contribution in [0.5, 0.6) is 0 Å². The summed E-state index contributed by atoms with van der Waals surface area (Å²) in [4.78, 5) is 0. The standard InChI is InChI=1S/C20H25NO2/c1-15(21-14-19(22)17-8-3-2-4-9-17)13-20-18-10-6-5-7-16(18)11-12-23-20/h2-10,15,19-22H,11-14H2,1H3/t15?,19-,20?/m0/s1. The first kappa shape index (κ1) is 16.2. The molecule has 0 saturated carbocycles. The van der Waals surface area contributed by atoms with Crippen molar-refractivity contribution in [3.63, 3.8) is 0 Å². The van der Waals surface area contributed by atoms with Crippen molar-refractivity contribution in [2.24, 2.45) is 0 Å². The van der Waals surface area contributed by atoms with E-state index in [1.165, 1.54) is 11.1 Å². The van der Waals surface area contributed by atoms with Gasteiger partial charge in [-0.2, -0.15) is 0 Å². The molecule has 3 rings (SSSR count). The molecular weight excluding hydrogens is 286 g/mol. The molecule has 3 nitrogen and oxygen atoms in total. The maximum Gasteiger partial charge on any atom is 0.0914 e. The van der Waals surface area contributed by atoms with E-state index in [0.29, 0.717) is 6.54 Å². The van der Waals surface area contributed by atoms with E-state index in [1.54, 1.807) is 0 Å². The van der Waals surface area contributed by atoms with Crippen molar-refractivity contribution in [3.05, 3.63) is 71.3 Å². The zero-order chi connectivity index (χ0) is 16.1. The highest BCUT2D eigenvalue weighted by atomic mass is 16.5. The van der Waals surface area contributed by atoms with Gasteiger partial charge in [-0.3, -0.25) is 0 Å². The van der Waals surface area contributed by atoms with Crippen molar-refractivity contribution in [1.29, 1.82) is 0 Å². The Morgan fingerprint density at radius 1 is 1.13 bits per heavy atom. The predicted octanol–water partition coefficient (Wildman–Crippen LogP) is 3.40. The zero-order valence-electron chi connectivity index (χ0n) is 13.6. The Labute approximate surface area is 138 Å². The van der Waals surface area contributed by atoms with Gasteiger partial charge in [-0.15, -0.1) is 0 Å². The maximum absolute atomic E-state index is 10.2. The average Bonchev–Trinajstić information content (AvgIpc) is 2.61. The number of fused-ring (bicyclic) bond motifs is 1. The molecule has 122 valence electrons. The van der Waals surface area contributed by atoms with Gasteiger partial charge in [0.2, 0.25) is 0 Å². The third-order valence-corrected chi connectivity index (χ3v) is 4.50. The van der Waals surface area contributed by atoms with Crippen LogP contribution < -0.4 is 5.32 Å². The number of benzene rings is 2. The number of rotatable bonds is 6. The number of aliphatic hydroxyl groups excluding tert-OH is 1. The van der Waals surface area contributed by atoms with Crippen LogP contribution in [0.4, 0.5) is 0 Å². The number of hydrogen-bond acceptors (Lipinski definition) is 3. The highest BCUT2D eigenvalue weighted by Crippen LogP contribution is 2.30. The fourth-order valence-electron chi connectivity index (χ4n) is 3.18. The molecule has 0 aliphatic carbocycles. The van der Waals surface area contributed by atoms with E-state index in [2.05, 4.69) is 36.5 Å². The molecule has 0 radical (unpaired) electrons. The van der Waals surface area contributed by atoms with E-state index in [1.807, 2.05) is 30.3 Å². The highest BCUT2D eigenvalue weighted by Gasteiger charge is 2.22. The molecule has 0 amide bonds. The van der Waals surface area contributed by atoms with Crippen LogP contribution in [-0.2, 0) is 11.2 Å². The summed E-state index contributed by atoms with van der Waals surface area (Å²) in [5, 5.41) is 13.7. The molecule has 1 aliphatic heterocycles. The average molecular weight is 311 g/mol. The van der Waals surface area contributed by atoms with Crippen molar-refractivity contribution in [2.45, 2.75) is 38.0 Å². The summed E-state index contributed by atoms with van der Waals surface area (Å²) in [7, 11) is 0. The van der Waals surface area contributed by atoms with Crippen LogP contribution in [0.3, 0.4) is 0 Å². The molecule has 1 aliphatic rings. The Hall–Kier alpha value is -1.68. The minimum absolute atomic E-state index is 0.149. The van der Waals surface area contributed by atoms with Gasteiger partial charge < -0.3 is 15.2 Å². The van der Waals surface area contributed by atoms with E-state index in [4.69, 9.17) is 4.74 Å². The van der Waals surface area contributed by atoms with Crippen molar-refractivity contribution in [1.82, 2.24) is 5.32 Å². The molecule has 0 aromatic heterocycles. The normalized spacial score (nSPS) is 19.8. The fourth-order valence-corrected chi connectivity index (χ4v) is 3.18. The number of hydrogen-bond donors (Lipinski definition) is 2. The lowest BCUT2D eigenvalue weighted by molar-refractivity contribution is 0.0296. The first-order valence-corrected chi connectivity index (χ1v) is 8.40. The van der Waals surface area contributed by atoms with Crippen molar-refractivity contribution in [3.8, 4) is 0 Å². The topological polar surface area (TPSA) is 41.5 Å². The summed E-state index contributed by atoms with van der Waals surface area (Å²) in [6.45, 7) is 3.50. The molecule has 2 unspecified atom stereocenters. The third kappa shape index (κ3) is 4.20. The smallest absolute Gasteiger partial charge is 0.0914 e. The van der Waals surface area contributed by atoms with E-state index < -0.39 is 6.10 Å². The Morgan fingerprint density at radius 2 is 1.87 bits per heavy atom. The van der Waals surface area contributed by atoms with Gasteiger partial charge in [0.05, 0.1) is 18.8 Å². The molecule has 3 atom stereocenters. The summed E-state index contributed by atoms with van der Waals surface area (Å²) in [5.41, 5.74) is 3.67. The van der Waals surface area contributed by atoms with E-state index in [-0.39, 0.29) is 12.1 Å². The minimum atomic E-state index is -0.474. The molecule has 2 N–H and O–H groups in total. The van der Waals surface area contributed by atoms with Gasteiger partial charge in [0.25, 0.3) is 0 Å². The molecule has 0 fully saturated rings.